The number of carbonyl (C=O) groups is 1. The van der Waals surface area contributed by atoms with Gasteiger partial charge in [-0.25, -0.2) is 4.39 Å². The first kappa shape index (κ1) is 17.9. The van der Waals surface area contributed by atoms with Crippen molar-refractivity contribution in [1.29, 1.82) is 0 Å². The van der Waals surface area contributed by atoms with Crippen LogP contribution in [0.4, 0.5) is 4.39 Å². The number of hydrogen-bond acceptors (Lipinski definition) is 3. The summed E-state index contributed by atoms with van der Waals surface area (Å²) in [6.07, 6.45) is 1.51. The first-order valence-corrected chi connectivity index (χ1v) is 7.72. The van der Waals surface area contributed by atoms with Crippen molar-refractivity contribution in [3.05, 3.63) is 69.9 Å². The van der Waals surface area contributed by atoms with E-state index in [1.54, 1.807) is 30.1 Å². The molecule has 0 bridgehead atoms. The Morgan fingerprint density at radius 1 is 1.12 bits per heavy atom. The number of likely N-dealkylation sites (N-methyl/N-ethyl adjacent to an activating group) is 1. The lowest BCUT2D eigenvalue weighted by Gasteiger charge is -2.25. The van der Waals surface area contributed by atoms with Crippen LogP contribution >= 0.6 is 0 Å². The largest absolute Gasteiger partial charge is 0.333 e. The van der Waals surface area contributed by atoms with Gasteiger partial charge in [0.25, 0.3) is 5.91 Å². The van der Waals surface area contributed by atoms with Crippen molar-refractivity contribution < 1.29 is 9.18 Å². The number of aryl methyl sites for hydroxylation is 1. The normalized spacial score (nSPS) is 10.9. The Morgan fingerprint density at radius 2 is 1.83 bits per heavy atom. The maximum Gasteiger partial charge on any atom is 0.255 e. The first-order chi connectivity index (χ1) is 11.4. The smallest absolute Gasteiger partial charge is 0.255 e. The van der Waals surface area contributed by atoms with E-state index < -0.39 is 0 Å². The number of carbonyl (C=O) groups excluding carboxylic acids is 1. The Bertz CT molecular complexity index is 771. The average molecular weight is 331 g/mol. The van der Waals surface area contributed by atoms with Gasteiger partial charge in [0.2, 0.25) is 5.56 Å². The summed E-state index contributed by atoms with van der Waals surface area (Å²) in [4.78, 5) is 27.9. The monoisotopic (exact) mass is 331 g/mol. The Balaban J connectivity index is 2.27. The number of amides is 1. The summed E-state index contributed by atoms with van der Waals surface area (Å²) in [7, 11) is 5.43. The minimum atomic E-state index is -0.333. The highest BCUT2D eigenvalue weighted by molar-refractivity contribution is 5.93. The highest BCUT2D eigenvalue weighted by Gasteiger charge is 2.18. The van der Waals surface area contributed by atoms with Gasteiger partial charge < -0.3 is 14.4 Å². The lowest BCUT2D eigenvalue weighted by atomic mass is 10.1. The zero-order valence-electron chi connectivity index (χ0n) is 14.2. The quantitative estimate of drug-likeness (QED) is 0.810. The number of pyridine rings is 1. The number of nitrogens with zero attached hydrogens (tertiary/aromatic N) is 3. The fraction of sp³-hybridized carbons (Fsp3) is 0.333. The van der Waals surface area contributed by atoms with Crippen molar-refractivity contribution in [2.45, 2.75) is 6.54 Å². The van der Waals surface area contributed by atoms with Crippen LogP contribution in [0.25, 0.3) is 0 Å². The van der Waals surface area contributed by atoms with Crippen molar-refractivity contribution in [1.82, 2.24) is 14.4 Å². The molecule has 5 nitrogen and oxygen atoms in total. The lowest BCUT2D eigenvalue weighted by molar-refractivity contribution is 0.0729. The zero-order chi connectivity index (χ0) is 17.7. The number of rotatable bonds is 6. The molecule has 0 unspecified atom stereocenters. The third-order valence-electron chi connectivity index (χ3n) is 3.76. The van der Waals surface area contributed by atoms with E-state index in [0.29, 0.717) is 24.2 Å². The molecule has 1 heterocycles. The molecule has 0 spiro atoms. The van der Waals surface area contributed by atoms with Gasteiger partial charge in [-0.2, -0.15) is 0 Å². The summed E-state index contributed by atoms with van der Waals surface area (Å²) >= 11 is 0. The predicted molar refractivity (Wildman–Crippen MR) is 91.4 cm³/mol. The Labute approximate surface area is 140 Å². The Hall–Kier alpha value is -2.47. The molecule has 0 fully saturated rings. The summed E-state index contributed by atoms with van der Waals surface area (Å²) in [5.74, 6) is -0.559. The van der Waals surface area contributed by atoms with E-state index in [9.17, 15) is 14.0 Å². The van der Waals surface area contributed by atoms with Gasteiger partial charge in [0.05, 0.1) is 5.56 Å². The van der Waals surface area contributed by atoms with Crippen LogP contribution in [0.2, 0.25) is 0 Å². The molecule has 0 aliphatic carbocycles. The minimum absolute atomic E-state index is 0.180. The molecule has 0 radical (unpaired) electrons. The Kier molecular flexibility index (Phi) is 5.87. The number of hydrogen-bond donors (Lipinski definition) is 0. The molecule has 1 amide bonds. The molecular formula is C18H22FN3O2. The zero-order valence-corrected chi connectivity index (χ0v) is 14.2. The second-order valence-corrected chi connectivity index (χ2v) is 5.99. The van der Waals surface area contributed by atoms with Crippen molar-refractivity contribution in [3.63, 3.8) is 0 Å². The Morgan fingerprint density at radius 3 is 2.46 bits per heavy atom. The van der Waals surface area contributed by atoms with Gasteiger partial charge in [-0.3, -0.25) is 9.59 Å². The van der Waals surface area contributed by atoms with Crippen LogP contribution in [0, 0.1) is 5.82 Å². The molecule has 0 saturated carbocycles. The third-order valence-corrected chi connectivity index (χ3v) is 3.76. The molecule has 0 aliphatic rings. The molecule has 2 rings (SSSR count). The van der Waals surface area contributed by atoms with Crippen LogP contribution in [0.1, 0.15) is 15.9 Å². The van der Waals surface area contributed by atoms with Gasteiger partial charge in [-0.05, 0) is 26.2 Å². The molecule has 128 valence electrons. The standard InChI is InChI=1S/C18H22FN3O2/c1-20(2)10-11-22(13-14-6-4-5-7-16(14)19)18(24)15-8-9-17(23)21(3)12-15/h4-9,12H,10-11,13H2,1-3H3. The third kappa shape index (κ3) is 4.52. The second-order valence-electron chi connectivity index (χ2n) is 5.99. The van der Waals surface area contributed by atoms with Crippen LogP contribution in [0.3, 0.4) is 0 Å². The fourth-order valence-electron chi connectivity index (χ4n) is 2.31. The maximum absolute atomic E-state index is 13.9. The highest BCUT2D eigenvalue weighted by Crippen LogP contribution is 2.12. The average Bonchev–Trinajstić information content (AvgIpc) is 2.55. The first-order valence-electron chi connectivity index (χ1n) is 7.72. The van der Waals surface area contributed by atoms with E-state index in [1.807, 2.05) is 19.0 Å². The molecule has 24 heavy (non-hydrogen) atoms. The number of halogens is 1. The predicted octanol–water partition coefficient (Wildman–Crippen LogP) is 1.73. The van der Waals surface area contributed by atoms with E-state index in [-0.39, 0.29) is 23.8 Å². The van der Waals surface area contributed by atoms with Crippen LogP contribution in [-0.4, -0.2) is 47.5 Å². The van der Waals surface area contributed by atoms with Crippen LogP contribution in [-0.2, 0) is 13.6 Å². The van der Waals surface area contributed by atoms with Gasteiger partial charge in [-0.15, -0.1) is 0 Å². The van der Waals surface area contributed by atoms with Gasteiger partial charge in [-0.1, -0.05) is 18.2 Å². The van der Waals surface area contributed by atoms with E-state index in [1.165, 1.54) is 29.0 Å². The van der Waals surface area contributed by atoms with E-state index in [0.717, 1.165) is 0 Å². The summed E-state index contributed by atoms with van der Waals surface area (Å²) in [5.41, 5.74) is 0.696. The molecule has 2 aromatic rings. The van der Waals surface area contributed by atoms with Crippen molar-refractivity contribution >= 4 is 5.91 Å². The summed E-state index contributed by atoms with van der Waals surface area (Å²) < 4.78 is 15.3. The molecule has 0 aliphatic heterocycles. The maximum atomic E-state index is 13.9. The number of benzene rings is 1. The highest BCUT2D eigenvalue weighted by atomic mass is 19.1. The SMILES string of the molecule is CN(C)CCN(Cc1ccccc1F)C(=O)c1ccc(=O)n(C)c1. The van der Waals surface area contributed by atoms with Crippen molar-refractivity contribution in [2.75, 3.05) is 27.2 Å². The summed E-state index contributed by atoms with van der Waals surface area (Å²) in [5, 5.41) is 0. The number of aromatic nitrogens is 1. The molecule has 0 atom stereocenters. The minimum Gasteiger partial charge on any atom is -0.333 e. The van der Waals surface area contributed by atoms with Crippen LogP contribution in [0.15, 0.2) is 47.4 Å². The van der Waals surface area contributed by atoms with E-state index in [2.05, 4.69) is 0 Å². The molecule has 1 aromatic carbocycles. The van der Waals surface area contributed by atoms with Crippen molar-refractivity contribution in [2.24, 2.45) is 7.05 Å². The second kappa shape index (κ2) is 7.88. The molecular weight excluding hydrogens is 309 g/mol. The van der Waals surface area contributed by atoms with Gasteiger partial charge in [0.15, 0.2) is 0 Å². The van der Waals surface area contributed by atoms with Crippen molar-refractivity contribution in [3.8, 4) is 0 Å². The fourth-order valence-corrected chi connectivity index (χ4v) is 2.31. The van der Waals surface area contributed by atoms with E-state index in [4.69, 9.17) is 0 Å². The van der Waals surface area contributed by atoms with Gasteiger partial charge in [0.1, 0.15) is 5.82 Å². The summed E-state index contributed by atoms with van der Waals surface area (Å²) in [6.45, 7) is 1.30. The van der Waals surface area contributed by atoms with Gasteiger partial charge in [0, 0.05) is 44.5 Å². The molecule has 0 saturated heterocycles. The molecule has 0 N–H and O–H groups in total. The summed E-state index contributed by atoms with van der Waals surface area (Å²) in [6, 6.07) is 9.30. The molecule has 6 heteroatoms. The van der Waals surface area contributed by atoms with Gasteiger partial charge >= 0.3 is 0 Å². The van der Waals surface area contributed by atoms with E-state index >= 15 is 0 Å². The van der Waals surface area contributed by atoms with Crippen LogP contribution in [0.5, 0.6) is 0 Å². The topological polar surface area (TPSA) is 45.6 Å². The van der Waals surface area contributed by atoms with Crippen LogP contribution < -0.4 is 5.56 Å². The lowest BCUT2D eigenvalue weighted by Crippen LogP contribution is -2.37. The molecule has 1 aromatic heterocycles.